The summed E-state index contributed by atoms with van der Waals surface area (Å²) in [6, 6.07) is 0. The average Bonchev–Trinajstić information content (AvgIpc) is 2.92. The Morgan fingerprint density at radius 1 is 0.711 bits per heavy atom. The predicted molar refractivity (Wildman–Crippen MR) is 147 cm³/mol. The van der Waals surface area contributed by atoms with Crippen LogP contribution in [-0.2, 0) is 4.74 Å². The highest BCUT2D eigenvalue weighted by atomic mass is 19.4. The van der Waals surface area contributed by atoms with Crippen molar-refractivity contribution in [1.29, 1.82) is 0 Å². The summed E-state index contributed by atoms with van der Waals surface area (Å²) in [6.07, 6.45) is 21.7. The van der Waals surface area contributed by atoms with Gasteiger partial charge in [-0.1, -0.05) is 57.6 Å². The summed E-state index contributed by atoms with van der Waals surface area (Å²) in [4.78, 5) is 0. The number of rotatable bonds is 9. The Labute approximate surface area is 229 Å². The number of ether oxygens (including phenoxy) is 1. The SMILES string of the molecule is CCCCCC1CCC(C2CCC(/C=C/C3CCC(C4CCC(/C(F)=C/C(F)(F)F)CC4)CC3)OC2)CC1. The van der Waals surface area contributed by atoms with Gasteiger partial charge in [-0.25, -0.2) is 4.39 Å². The molecule has 2 atom stereocenters. The number of halogens is 4. The molecule has 0 spiro atoms. The molecule has 1 saturated heterocycles. The highest BCUT2D eigenvalue weighted by Crippen LogP contribution is 2.44. The van der Waals surface area contributed by atoms with Crippen molar-refractivity contribution in [3.05, 3.63) is 24.1 Å². The topological polar surface area (TPSA) is 9.23 Å². The largest absolute Gasteiger partial charge is 0.412 e. The summed E-state index contributed by atoms with van der Waals surface area (Å²) in [7, 11) is 0. The van der Waals surface area contributed by atoms with E-state index in [1.807, 2.05) is 0 Å². The molecule has 3 aliphatic carbocycles. The Morgan fingerprint density at radius 2 is 1.29 bits per heavy atom. The summed E-state index contributed by atoms with van der Waals surface area (Å²) >= 11 is 0. The van der Waals surface area contributed by atoms with Crippen LogP contribution < -0.4 is 0 Å². The van der Waals surface area contributed by atoms with E-state index in [9.17, 15) is 17.6 Å². The van der Waals surface area contributed by atoms with Crippen molar-refractivity contribution in [3.8, 4) is 0 Å². The fourth-order valence-corrected chi connectivity index (χ4v) is 8.18. The van der Waals surface area contributed by atoms with E-state index in [2.05, 4.69) is 19.1 Å². The maximum atomic E-state index is 13.9. The Kier molecular flexibility index (Phi) is 11.6. The molecule has 0 aromatic rings. The van der Waals surface area contributed by atoms with Crippen LogP contribution in [-0.4, -0.2) is 18.9 Å². The molecule has 0 N–H and O–H groups in total. The Morgan fingerprint density at radius 3 is 1.87 bits per heavy atom. The van der Waals surface area contributed by atoms with E-state index in [-0.39, 0.29) is 12.2 Å². The summed E-state index contributed by atoms with van der Waals surface area (Å²) < 4.78 is 57.7. The Hall–Kier alpha value is -0.840. The first-order valence-corrected chi connectivity index (χ1v) is 16.1. The van der Waals surface area contributed by atoms with Crippen molar-refractivity contribution in [1.82, 2.24) is 0 Å². The van der Waals surface area contributed by atoms with Crippen LogP contribution in [0.4, 0.5) is 17.6 Å². The molecule has 2 unspecified atom stereocenters. The molecular formula is C33H52F4O. The fraction of sp³-hybridized carbons (Fsp3) is 0.879. The van der Waals surface area contributed by atoms with Gasteiger partial charge in [-0.3, -0.25) is 0 Å². The van der Waals surface area contributed by atoms with Crippen molar-refractivity contribution in [2.75, 3.05) is 6.61 Å². The van der Waals surface area contributed by atoms with Crippen LogP contribution in [0.1, 0.15) is 122 Å². The predicted octanol–water partition coefficient (Wildman–Crippen LogP) is 10.8. The fourth-order valence-electron chi connectivity index (χ4n) is 8.18. The van der Waals surface area contributed by atoms with Gasteiger partial charge in [0.1, 0.15) is 5.83 Å². The second-order valence-electron chi connectivity index (χ2n) is 13.2. The molecule has 38 heavy (non-hydrogen) atoms. The van der Waals surface area contributed by atoms with E-state index in [1.54, 1.807) is 0 Å². The van der Waals surface area contributed by atoms with Gasteiger partial charge in [-0.15, -0.1) is 0 Å². The maximum absolute atomic E-state index is 13.9. The number of allylic oxidation sites excluding steroid dienone is 3. The van der Waals surface area contributed by atoms with Crippen molar-refractivity contribution in [2.45, 2.75) is 135 Å². The van der Waals surface area contributed by atoms with Gasteiger partial charge in [0, 0.05) is 5.92 Å². The van der Waals surface area contributed by atoms with Crippen LogP contribution in [0, 0.1) is 41.4 Å². The van der Waals surface area contributed by atoms with Gasteiger partial charge in [0.15, 0.2) is 0 Å². The molecule has 0 bridgehead atoms. The summed E-state index contributed by atoms with van der Waals surface area (Å²) in [5.41, 5.74) is 0. The Bertz CT molecular complexity index is 727. The lowest BCUT2D eigenvalue weighted by Crippen LogP contribution is -2.32. The van der Waals surface area contributed by atoms with E-state index < -0.39 is 17.9 Å². The van der Waals surface area contributed by atoms with Crippen LogP contribution in [0.15, 0.2) is 24.1 Å². The molecule has 0 radical (unpaired) electrons. The zero-order valence-corrected chi connectivity index (χ0v) is 23.7. The molecule has 0 aromatic carbocycles. The highest BCUT2D eigenvalue weighted by molar-refractivity contribution is 5.04. The minimum absolute atomic E-state index is 0.133. The van der Waals surface area contributed by atoms with Crippen molar-refractivity contribution >= 4 is 0 Å². The summed E-state index contributed by atoms with van der Waals surface area (Å²) in [5.74, 6) is 2.96. The zero-order chi connectivity index (χ0) is 27.0. The van der Waals surface area contributed by atoms with E-state index >= 15 is 0 Å². The van der Waals surface area contributed by atoms with Crippen LogP contribution in [0.3, 0.4) is 0 Å². The molecule has 0 aromatic heterocycles. The van der Waals surface area contributed by atoms with Crippen LogP contribution in [0.5, 0.6) is 0 Å². The van der Waals surface area contributed by atoms with Gasteiger partial charge < -0.3 is 4.74 Å². The van der Waals surface area contributed by atoms with Crippen LogP contribution >= 0.6 is 0 Å². The van der Waals surface area contributed by atoms with E-state index in [1.165, 1.54) is 83.5 Å². The molecule has 1 aliphatic heterocycles. The van der Waals surface area contributed by atoms with Crippen molar-refractivity contribution < 1.29 is 22.3 Å². The number of hydrogen-bond acceptors (Lipinski definition) is 1. The molecule has 1 heterocycles. The Balaban J connectivity index is 1.09. The third kappa shape index (κ3) is 9.37. The first-order valence-electron chi connectivity index (χ1n) is 16.1. The molecule has 5 heteroatoms. The molecule has 4 rings (SSSR count). The molecule has 1 nitrogen and oxygen atoms in total. The van der Waals surface area contributed by atoms with Gasteiger partial charge >= 0.3 is 6.18 Å². The van der Waals surface area contributed by atoms with E-state index in [4.69, 9.17) is 4.74 Å². The number of alkyl halides is 3. The minimum atomic E-state index is -4.55. The summed E-state index contributed by atoms with van der Waals surface area (Å²) in [6.45, 7) is 3.23. The standard InChI is InChI=1S/C33H52F4O/c1-2-3-4-5-24-6-13-28(14-7-24)30-19-21-31(38-23-30)20-10-25-8-11-26(12-9-25)27-15-17-29(18-16-27)32(34)22-33(35,36)37/h10,20,22,24-31H,2-9,11-19,21,23H2,1H3/b20-10+,32-22-. The smallest absolute Gasteiger partial charge is 0.374 e. The lowest BCUT2D eigenvalue weighted by molar-refractivity contribution is -0.0821. The lowest BCUT2D eigenvalue weighted by Gasteiger charge is -2.38. The minimum Gasteiger partial charge on any atom is -0.374 e. The quantitative estimate of drug-likeness (QED) is 0.161. The first kappa shape index (κ1) is 30.1. The molecule has 4 fully saturated rings. The van der Waals surface area contributed by atoms with Gasteiger partial charge in [-0.05, 0) is 113 Å². The van der Waals surface area contributed by atoms with Gasteiger partial charge in [0.05, 0.1) is 18.8 Å². The average molecular weight is 541 g/mol. The molecule has 218 valence electrons. The number of hydrogen-bond donors (Lipinski definition) is 0. The monoisotopic (exact) mass is 540 g/mol. The molecular weight excluding hydrogens is 488 g/mol. The maximum Gasteiger partial charge on any atom is 0.412 e. The van der Waals surface area contributed by atoms with Crippen LogP contribution in [0.25, 0.3) is 0 Å². The van der Waals surface area contributed by atoms with Gasteiger partial charge in [0.25, 0.3) is 0 Å². The molecule has 3 saturated carbocycles. The van der Waals surface area contributed by atoms with E-state index in [0.29, 0.717) is 30.6 Å². The summed E-state index contributed by atoms with van der Waals surface area (Å²) in [5, 5.41) is 0. The zero-order valence-electron chi connectivity index (χ0n) is 23.7. The van der Waals surface area contributed by atoms with Crippen LogP contribution in [0.2, 0.25) is 0 Å². The second kappa shape index (κ2) is 14.7. The molecule has 0 amide bonds. The highest BCUT2D eigenvalue weighted by Gasteiger charge is 2.34. The third-order valence-electron chi connectivity index (χ3n) is 10.7. The van der Waals surface area contributed by atoms with E-state index in [0.717, 1.165) is 43.6 Å². The van der Waals surface area contributed by atoms with Crippen molar-refractivity contribution in [2.24, 2.45) is 41.4 Å². The van der Waals surface area contributed by atoms with Gasteiger partial charge in [0.2, 0.25) is 0 Å². The normalized spacial score (nSPS) is 38.0. The first-order chi connectivity index (χ1) is 18.3. The third-order valence-corrected chi connectivity index (χ3v) is 10.7. The van der Waals surface area contributed by atoms with Gasteiger partial charge in [-0.2, -0.15) is 13.2 Å². The molecule has 4 aliphatic rings. The lowest BCUT2D eigenvalue weighted by atomic mass is 9.69. The van der Waals surface area contributed by atoms with Crippen molar-refractivity contribution in [3.63, 3.8) is 0 Å². The number of unbranched alkanes of at least 4 members (excludes halogenated alkanes) is 2. The second-order valence-corrected chi connectivity index (χ2v) is 13.2.